The molecule has 0 radical (unpaired) electrons. The second-order valence-electron chi connectivity index (χ2n) is 6.28. The van der Waals surface area contributed by atoms with E-state index in [0.717, 1.165) is 25.0 Å². The van der Waals surface area contributed by atoms with E-state index in [1.165, 1.54) is 0 Å². The van der Waals surface area contributed by atoms with Crippen molar-refractivity contribution in [2.24, 2.45) is 0 Å². The Hall–Kier alpha value is -0.910. The molecule has 1 aromatic rings. The van der Waals surface area contributed by atoms with E-state index in [-0.39, 0.29) is 17.4 Å². The third-order valence-corrected chi connectivity index (χ3v) is 5.90. The fraction of sp³-hybridized carbons (Fsp3) is 0.625. The van der Waals surface area contributed by atoms with Crippen molar-refractivity contribution < 1.29 is 13.2 Å². The van der Waals surface area contributed by atoms with Crippen molar-refractivity contribution in [3.8, 4) is 0 Å². The molecule has 1 fully saturated rings. The molecule has 2 atom stereocenters. The third kappa shape index (κ3) is 4.53. The second-order valence-corrected chi connectivity index (χ2v) is 8.31. The van der Waals surface area contributed by atoms with Crippen LogP contribution in [0, 0.1) is 6.92 Å². The van der Waals surface area contributed by atoms with Gasteiger partial charge in [-0.25, -0.2) is 8.42 Å². The van der Waals surface area contributed by atoms with Crippen molar-refractivity contribution in [2.45, 2.75) is 50.2 Å². The van der Waals surface area contributed by atoms with Gasteiger partial charge in [0.15, 0.2) is 9.84 Å². The maximum Gasteiger partial charge on any atom is 0.179 e. The maximum absolute atomic E-state index is 12.4. The second kappa shape index (κ2) is 6.46. The standard InChI is InChI=1S/C16H25NO3S/c1-13-5-7-15(8-6-13)21(18,19)11-14(2)17-12-16(3)9-4-10-20-16/h5-8,14,17H,4,9-12H2,1-3H3/t14-,16+/m0/s1. The first-order valence-electron chi connectivity index (χ1n) is 7.48. The van der Waals surface area contributed by atoms with Crippen molar-refractivity contribution in [3.05, 3.63) is 29.8 Å². The van der Waals surface area contributed by atoms with Crippen LogP contribution in [0.25, 0.3) is 0 Å². The zero-order chi connectivity index (χ0) is 15.5. The minimum Gasteiger partial charge on any atom is -0.374 e. The Morgan fingerprint density at radius 1 is 1.33 bits per heavy atom. The fourth-order valence-corrected chi connectivity index (χ4v) is 4.12. The van der Waals surface area contributed by atoms with Gasteiger partial charge in [0.05, 0.1) is 16.2 Å². The van der Waals surface area contributed by atoms with Gasteiger partial charge in [0.1, 0.15) is 0 Å². The quantitative estimate of drug-likeness (QED) is 0.876. The van der Waals surface area contributed by atoms with Gasteiger partial charge in [0.25, 0.3) is 0 Å². The summed E-state index contributed by atoms with van der Waals surface area (Å²) in [6, 6.07) is 6.92. The molecule has 1 aliphatic rings. The highest BCUT2D eigenvalue weighted by atomic mass is 32.2. The predicted molar refractivity (Wildman–Crippen MR) is 84.3 cm³/mol. The third-order valence-electron chi connectivity index (χ3n) is 3.97. The van der Waals surface area contributed by atoms with Crippen molar-refractivity contribution in [2.75, 3.05) is 18.9 Å². The fourth-order valence-electron chi connectivity index (χ4n) is 2.60. The first kappa shape index (κ1) is 16.5. The highest BCUT2D eigenvalue weighted by molar-refractivity contribution is 7.91. The monoisotopic (exact) mass is 311 g/mol. The number of hydrogen-bond acceptors (Lipinski definition) is 4. The number of nitrogens with one attached hydrogen (secondary N) is 1. The number of sulfone groups is 1. The van der Waals surface area contributed by atoms with Crippen LogP contribution in [0.15, 0.2) is 29.2 Å². The lowest BCUT2D eigenvalue weighted by molar-refractivity contribution is 0.0196. The van der Waals surface area contributed by atoms with Crippen LogP contribution in [0.3, 0.4) is 0 Å². The zero-order valence-electron chi connectivity index (χ0n) is 13.1. The molecule has 1 aromatic carbocycles. The lowest BCUT2D eigenvalue weighted by atomic mass is 10.0. The summed E-state index contributed by atoms with van der Waals surface area (Å²) >= 11 is 0. The Kier molecular flexibility index (Phi) is 5.07. The minimum absolute atomic E-state index is 0.0997. The van der Waals surface area contributed by atoms with Gasteiger partial charge < -0.3 is 10.1 Å². The zero-order valence-corrected chi connectivity index (χ0v) is 13.9. The van der Waals surface area contributed by atoms with Crippen LogP contribution in [-0.4, -0.2) is 39.0 Å². The smallest absolute Gasteiger partial charge is 0.179 e. The molecule has 0 bridgehead atoms. The van der Waals surface area contributed by atoms with E-state index in [9.17, 15) is 8.42 Å². The molecule has 1 aliphatic heterocycles. The molecule has 1 saturated heterocycles. The molecule has 0 amide bonds. The number of ether oxygens (including phenoxy) is 1. The van der Waals surface area contributed by atoms with Gasteiger partial charge >= 0.3 is 0 Å². The highest BCUT2D eigenvalue weighted by Crippen LogP contribution is 2.24. The molecule has 5 heteroatoms. The molecular weight excluding hydrogens is 286 g/mol. The van der Waals surface area contributed by atoms with Crippen molar-refractivity contribution in [1.82, 2.24) is 5.32 Å². The largest absolute Gasteiger partial charge is 0.374 e. The topological polar surface area (TPSA) is 55.4 Å². The van der Waals surface area contributed by atoms with Gasteiger partial charge in [-0.05, 0) is 45.7 Å². The van der Waals surface area contributed by atoms with E-state index >= 15 is 0 Å². The van der Waals surface area contributed by atoms with Crippen LogP contribution in [-0.2, 0) is 14.6 Å². The lowest BCUT2D eigenvalue weighted by Crippen LogP contribution is -2.43. The van der Waals surface area contributed by atoms with Gasteiger partial charge in [-0.15, -0.1) is 0 Å². The van der Waals surface area contributed by atoms with E-state index in [0.29, 0.717) is 11.4 Å². The molecule has 0 aliphatic carbocycles. The summed E-state index contributed by atoms with van der Waals surface area (Å²) < 4.78 is 30.4. The molecule has 0 unspecified atom stereocenters. The van der Waals surface area contributed by atoms with Crippen molar-refractivity contribution >= 4 is 9.84 Å². The molecular formula is C16H25NO3S. The van der Waals surface area contributed by atoms with Gasteiger partial charge in [-0.1, -0.05) is 17.7 Å². The van der Waals surface area contributed by atoms with Crippen LogP contribution in [0.4, 0.5) is 0 Å². The summed E-state index contributed by atoms with van der Waals surface area (Å²) in [5, 5.41) is 3.30. The summed E-state index contributed by atoms with van der Waals surface area (Å²) in [4.78, 5) is 0.394. The van der Waals surface area contributed by atoms with Crippen LogP contribution >= 0.6 is 0 Å². The van der Waals surface area contributed by atoms with Crippen LogP contribution in [0.2, 0.25) is 0 Å². The number of aryl methyl sites for hydroxylation is 1. The van der Waals surface area contributed by atoms with Crippen LogP contribution in [0.1, 0.15) is 32.3 Å². The Balaban J connectivity index is 1.92. The lowest BCUT2D eigenvalue weighted by Gasteiger charge is -2.26. The van der Waals surface area contributed by atoms with E-state index in [4.69, 9.17) is 4.74 Å². The Morgan fingerprint density at radius 3 is 2.57 bits per heavy atom. The highest BCUT2D eigenvalue weighted by Gasteiger charge is 2.30. The van der Waals surface area contributed by atoms with Crippen molar-refractivity contribution in [3.63, 3.8) is 0 Å². The summed E-state index contributed by atoms with van der Waals surface area (Å²) in [6.45, 7) is 7.42. The molecule has 2 rings (SSSR count). The summed E-state index contributed by atoms with van der Waals surface area (Å²) in [7, 11) is -3.25. The SMILES string of the molecule is Cc1ccc(S(=O)(=O)C[C@H](C)NC[C@@]2(C)CCCO2)cc1. The van der Waals surface area contributed by atoms with E-state index < -0.39 is 9.84 Å². The van der Waals surface area contributed by atoms with E-state index in [1.807, 2.05) is 26.0 Å². The maximum atomic E-state index is 12.4. The predicted octanol–water partition coefficient (Wildman–Crippen LogP) is 2.32. The van der Waals surface area contributed by atoms with Crippen molar-refractivity contribution in [1.29, 1.82) is 0 Å². The van der Waals surface area contributed by atoms with Crippen LogP contribution in [0.5, 0.6) is 0 Å². The normalized spacial score (nSPS) is 24.1. The van der Waals surface area contributed by atoms with E-state index in [2.05, 4.69) is 12.2 Å². The molecule has 118 valence electrons. The van der Waals surface area contributed by atoms with Crippen LogP contribution < -0.4 is 5.32 Å². The molecule has 0 aromatic heterocycles. The minimum atomic E-state index is -3.25. The van der Waals surface area contributed by atoms with Gasteiger partial charge in [0.2, 0.25) is 0 Å². The van der Waals surface area contributed by atoms with Gasteiger partial charge in [-0.3, -0.25) is 0 Å². The number of rotatable bonds is 6. The molecule has 21 heavy (non-hydrogen) atoms. The average molecular weight is 311 g/mol. The Morgan fingerprint density at radius 2 is 2.00 bits per heavy atom. The molecule has 1 N–H and O–H groups in total. The number of benzene rings is 1. The molecule has 4 nitrogen and oxygen atoms in total. The summed E-state index contributed by atoms with van der Waals surface area (Å²) in [6.07, 6.45) is 2.10. The number of hydrogen-bond donors (Lipinski definition) is 1. The Labute approximate surface area is 127 Å². The molecule has 1 heterocycles. The Bertz CT molecular complexity index is 560. The van der Waals surface area contributed by atoms with E-state index in [1.54, 1.807) is 12.1 Å². The first-order valence-corrected chi connectivity index (χ1v) is 9.13. The van der Waals surface area contributed by atoms with Gasteiger partial charge in [0, 0.05) is 19.2 Å². The summed E-state index contributed by atoms with van der Waals surface area (Å²) in [5.41, 5.74) is 0.911. The average Bonchev–Trinajstić information content (AvgIpc) is 2.84. The summed E-state index contributed by atoms with van der Waals surface area (Å²) in [5.74, 6) is 0.103. The molecule has 0 spiro atoms. The van der Waals surface area contributed by atoms with Gasteiger partial charge in [-0.2, -0.15) is 0 Å². The molecule has 0 saturated carbocycles. The first-order chi connectivity index (χ1) is 9.81.